The van der Waals surface area contributed by atoms with Crippen molar-refractivity contribution in [2.75, 3.05) is 42.9 Å². The fourth-order valence-corrected chi connectivity index (χ4v) is 1.27. The van der Waals surface area contributed by atoms with E-state index in [0.717, 1.165) is 25.9 Å². The summed E-state index contributed by atoms with van der Waals surface area (Å²) in [5, 5.41) is 7.92. The largest absolute Gasteiger partial charge is 0.351 e. The molecule has 1 aromatic rings. The van der Waals surface area contributed by atoms with Crippen LogP contribution in [0.15, 0.2) is 0 Å². The van der Waals surface area contributed by atoms with Gasteiger partial charge in [-0.15, -0.1) is 0 Å². The molecule has 0 radical (unpaired) electrons. The minimum atomic E-state index is 0.591. The number of aromatic nitrogens is 3. The van der Waals surface area contributed by atoms with Gasteiger partial charge < -0.3 is 10.6 Å². The van der Waals surface area contributed by atoms with Gasteiger partial charge in [0.05, 0.1) is 14.2 Å². The predicted molar refractivity (Wildman–Crippen MR) is 71.6 cm³/mol. The second kappa shape index (κ2) is 7.65. The number of aromatic amines is 1. The van der Waals surface area contributed by atoms with Gasteiger partial charge in [0.2, 0.25) is 0 Å². The zero-order chi connectivity index (χ0) is 13.4. The van der Waals surface area contributed by atoms with E-state index >= 15 is 0 Å². The summed E-state index contributed by atoms with van der Waals surface area (Å²) in [6, 6.07) is 0. The third-order valence-electron chi connectivity index (χ3n) is 2.31. The highest BCUT2D eigenvalue weighted by Crippen LogP contribution is 2.07. The highest BCUT2D eigenvalue weighted by molar-refractivity contribution is 5.35. The Kier molecular flexibility index (Phi) is 6.13. The first-order valence-electron chi connectivity index (χ1n) is 6.28. The summed E-state index contributed by atoms with van der Waals surface area (Å²) in [4.78, 5) is 16.9. The Balaban J connectivity index is 2.88. The van der Waals surface area contributed by atoms with E-state index in [2.05, 4.69) is 39.4 Å². The highest BCUT2D eigenvalue weighted by atomic mass is 16.7. The molecule has 0 aliphatic rings. The molecule has 0 amide bonds. The number of H-pyrrole nitrogens is 1. The van der Waals surface area contributed by atoms with Crippen LogP contribution in [0.5, 0.6) is 0 Å². The van der Waals surface area contributed by atoms with E-state index in [4.69, 9.17) is 4.84 Å². The standard InChI is InChI=1S/C11H22N6O/c1-5-7-12-9-14-10(13-8-6-2)16-11(15-9)17(3)18-4/h5-8H2,1-4H3,(H2,12,13,14,15,16)/p+1. The van der Waals surface area contributed by atoms with Gasteiger partial charge in [0.15, 0.2) is 0 Å². The molecule has 0 bridgehead atoms. The molecule has 3 N–H and O–H groups in total. The predicted octanol–water partition coefficient (Wildman–Crippen LogP) is 0.932. The first kappa shape index (κ1) is 14.4. The Morgan fingerprint density at radius 3 is 2.44 bits per heavy atom. The smallest absolute Gasteiger partial charge is 0.337 e. The second-order valence-electron chi connectivity index (χ2n) is 3.88. The fourth-order valence-electron chi connectivity index (χ4n) is 1.27. The van der Waals surface area contributed by atoms with Crippen molar-refractivity contribution >= 4 is 17.8 Å². The normalized spacial score (nSPS) is 10.2. The van der Waals surface area contributed by atoms with Gasteiger partial charge >= 0.3 is 17.8 Å². The molecule has 1 heterocycles. The maximum atomic E-state index is 5.11. The summed E-state index contributed by atoms with van der Waals surface area (Å²) < 4.78 is 0. The van der Waals surface area contributed by atoms with Gasteiger partial charge in [-0.25, -0.2) is 9.82 Å². The molecule has 1 aromatic heterocycles. The zero-order valence-corrected chi connectivity index (χ0v) is 11.6. The number of hydrogen-bond donors (Lipinski definition) is 2. The number of anilines is 3. The van der Waals surface area contributed by atoms with Gasteiger partial charge in [-0.2, -0.15) is 5.06 Å². The van der Waals surface area contributed by atoms with Crippen molar-refractivity contribution in [1.82, 2.24) is 9.97 Å². The molecule has 0 spiro atoms. The topological polar surface area (TPSA) is 76.5 Å². The lowest BCUT2D eigenvalue weighted by molar-refractivity contribution is -0.359. The molecule has 0 unspecified atom stereocenters. The zero-order valence-electron chi connectivity index (χ0n) is 11.6. The minimum Gasteiger partial charge on any atom is -0.337 e. The highest BCUT2D eigenvalue weighted by Gasteiger charge is 2.15. The molecule has 0 saturated carbocycles. The van der Waals surface area contributed by atoms with Crippen LogP contribution in [0.4, 0.5) is 17.8 Å². The van der Waals surface area contributed by atoms with Crippen LogP contribution in [0, 0.1) is 0 Å². The van der Waals surface area contributed by atoms with Crippen LogP contribution in [0.1, 0.15) is 26.7 Å². The van der Waals surface area contributed by atoms with E-state index in [-0.39, 0.29) is 0 Å². The Hall–Kier alpha value is -1.63. The molecule has 1 rings (SSSR count). The minimum absolute atomic E-state index is 0.591. The Morgan fingerprint density at radius 1 is 1.17 bits per heavy atom. The molecule has 0 saturated heterocycles. The lowest BCUT2D eigenvalue weighted by Gasteiger charge is -2.10. The molecule has 0 atom stereocenters. The number of nitrogens with zero attached hydrogens (tertiary/aromatic N) is 3. The van der Waals surface area contributed by atoms with Crippen molar-refractivity contribution in [2.24, 2.45) is 0 Å². The lowest BCUT2D eigenvalue weighted by atomic mass is 10.5. The molecule has 0 aromatic carbocycles. The maximum Gasteiger partial charge on any atom is 0.351 e. The summed E-state index contributed by atoms with van der Waals surface area (Å²) in [7, 11) is 3.38. The Bertz CT molecular complexity index is 333. The van der Waals surface area contributed by atoms with Gasteiger partial charge in [0.1, 0.15) is 0 Å². The Morgan fingerprint density at radius 2 is 1.83 bits per heavy atom. The van der Waals surface area contributed by atoms with E-state index in [1.54, 1.807) is 19.2 Å². The average Bonchev–Trinajstić information content (AvgIpc) is 2.41. The van der Waals surface area contributed by atoms with E-state index in [1.165, 1.54) is 0 Å². The third-order valence-corrected chi connectivity index (χ3v) is 2.31. The molecule has 7 heteroatoms. The van der Waals surface area contributed by atoms with Crippen LogP contribution in [0.2, 0.25) is 0 Å². The molecule has 102 valence electrons. The van der Waals surface area contributed by atoms with Crippen molar-refractivity contribution < 1.29 is 9.82 Å². The van der Waals surface area contributed by atoms with Gasteiger partial charge in [-0.3, -0.25) is 0 Å². The quantitative estimate of drug-likeness (QED) is 0.673. The fraction of sp³-hybridized carbons (Fsp3) is 0.727. The third kappa shape index (κ3) is 4.33. The summed E-state index contributed by atoms with van der Waals surface area (Å²) in [6.45, 7) is 5.90. The van der Waals surface area contributed by atoms with Crippen molar-refractivity contribution in [3.63, 3.8) is 0 Å². The van der Waals surface area contributed by atoms with Gasteiger partial charge in [-0.05, 0) is 12.8 Å². The van der Waals surface area contributed by atoms with E-state index < -0.39 is 0 Å². The lowest BCUT2D eigenvalue weighted by Crippen LogP contribution is -2.29. The second-order valence-corrected chi connectivity index (χ2v) is 3.88. The van der Waals surface area contributed by atoms with Crippen LogP contribution in [0.25, 0.3) is 0 Å². The van der Waals surface area contributed by atoms with Crippen LogP contribution >= 0.6 is 0 Å². The van der Waals surface area contributed by atoms with E-state index in [1.807, 2.05) is 0 Å². The molecule has 0 aliphatic carbocycles. The molecular weight excluding hydrogens is 232 g/mol. The summed E-state index contributed by atoms with van der Waals surface area (Å²) in [6.07, 6.45) is 2.06. The monoisotopic (exact) mass is 255 g/mol. The van der Waals surface area contributed by atoms with Crippen molar-refractivity contribution in [2.45, 2.75) is 26.7 Å². The van der Waals surface area contributed by atoms with Crippen LogP contribution in [0.3, 0.4) is 0 Å². The summed E-state index contributed by atoms with van der Waals surface area (Å²) in [5.74, 6) is 1.88. The van der Waals surface area contributed by atoms with Gasteiger partial charge in [0.25, 0.3) is 0 Å². The molecule has 18 heavy (non-hydrogen) atoms. The average molecular weight is 255 g/mol. The SMILES string of the molecule is CCCNc1nc(NCCC)[nH+]c(N(C)OC)n1. The number of hydrogen-bond acceptors (Lipinski definition) is 6. The first-order chi connectivity index (χ1) is 8.71. The van der Waals surface area contributed by atoms with Crippen molar-refractivity contribution in [1.29, 1.82) is 0 Å². The summed E-state index contributed by atoms with van der Waals surface area (Å²) in [5.41, 5.74) is 0. The number of hydroxylamine groups is 1. The van der Waals surface area contributed by atoms with Crippen molar-refractivity contribution in [3.8, 4) is 0 Å². The Labute approximate surface area is 108 Å². The van der Waals surface area contributed by atoms with Gasteiger partial charge in [-0.1, -0.05) is 23.8 Å². The maximum absolute atomic E-state index is 5.11. The molecule has 0 aliphatic heterocycles. The van der Waals surface area contributed by atoms with Crippen LogP contribution in [-0.4, -0.2) is 37.2 Å². The van der Waals surface area contributed by atoms with E-state index in [0.29, 0.717) is 17.8 Å². The summed E-state index contributed by atoms with van der Waals surface area (Å²) >= 11 is 0. The number of nitrogens with one attached hydrogen (secondary N) is 3. The van der Waals surface area contributed by atoms with Crippen molar-refractivity contribution in [3.05, 3.63) is 0 Å². The van der Waals surface area contributed by atoms with Gasteiger partial charge in [0, 0.05) is 13.1 Å². The van der Waals surface area contributed by atoms with Crippen LogP contribution in [-0.2, 0) is 4.84 Å². The molecule has 7 nitrogen and oxygen atoms in total. The number of rotatable bonds is 8. The molecular formula is C11H23N6O+. The molecule has 0 fully saturated rings. The first-order valence-corrected chi connectivity index (χ1v) is 6.28. The van der Waals surface area contributed by atoms with Crippen LogP contribution < -0.4 is 20.7 Å². The van der Waals surface area contributed by atoms with E-state index in [9.17, 15) is 0 Å².